The number of carbonyl (C=O) groups excluding carboxylic acids is 2. The molecule has 19 heavy (non-hydrogen) atoms. The fraction of sp³-hybridized carbons (Fsp3) is 0.429. The Morgan fingerprint density at radius 1 is 1.16 bits per heavy atom. The lowest BCUT2D eigenvalue weighted by molar-refractivity contribution is -0.155. The third-order valence-electron chi connectivity index (χ3n) is 3.45. The highest BCUT2D eigenvalue weighted by molar-refractivity contribution is 7.80. The van der Waals surface area contributed by atoms with Crippen LogP contribution in [0.5, 0.6) is 0 Å². The van der Waals surface area contributed by atoms with Gasteiger partial charge in [0.2, 0.25) is 0 Å². The van der Waals surface area contributed by atoms with Gasteiger partial charge in [0.05, 0.1) is 0 Å². The first kappa shape index (κ1) is 13.9. The first-order chi connectivity index (χ1) is 9.13. The fourth-order valence-corrected chi connectivity index (χ4v) is 2.53. The summed E-state index contributed by atoms with van der Waals surface area (Å²) in [6, 6.07) is 9.97. The van der Waals surface area contributed by atoms with Crippen molar-refractivity contribution >= 4 is 24.4 Å². The third kappa shape index (κ3) is 3.10. The Balaban J connectivity index is 2.07. The van der Waals surface area contributed by atoms with Crippen LogP contribution in [0, 0.1) is 0 Å². The summed E-state index contributed by atoms with van der Waals surface area (Å²) in [6.45, 7) is 1.74. The van der Waals surface area contributed by atoms with Gasteiger partial charge >= 0.3 is 11.8 Å². The van der Waals surface area contributed by atoms with Gasteiger partial charge in [0.1, 0.15) is 0 Å². The molecule has 1 fully saturated rings. The van der Waals surface area contributed by atoms with Crippen LogP contribution in [0.3, 0.4) is 0 Å². The average Bonchev–Trinajstić information content (AvgIpc) is 2.45. The van der Waals surface area contributed by atoms with Crippen molar-refractivity contribution < 1.29 is 9.59 Å². The molecule has 1 aliphatic heterocycles. The number of benzene rings is 1. The molecule has 0 bridgehead atoms. The quantitative estimate of drug-likeness (QED) is 0.659. The van der Waals surface area contributed by atoms with Crippen molar-refractivity contribution in [2.45, 2.75) is 5.92 Å². The molecular formula is C14H18N2O2S. The lowest BCUT2D eigenvalue weighted by Gasteiger charge is -2.33. The predicted octanol–water partition coefficient (Wildman–Crippen LogP) is 1.00. The molecule has 2 rings (SSSR count). The minimum Gasteiger partial charge on any atom is -0.336 e. The molecule has 0 radical (unpaired) electrons. The van der Waals surface area contributed by atoms with Crippen LogP contribution in [0.2, 0.25) is 0 Å². The smallest absolute Gasteiger partial charge is 0.312 e. The highest BCUT2D eigenvalue weighted by atomic mass is 32.1. The zero-order chi connectivity index (χ0) is 13.8. The van der Waals surface area contributed by atoms with Crippen LogP contribution in [-0.2, 0) is 9.59 Å². The maximum absolute atomic E-state index is 11.9. The molecule has 1 atom stereocenters. The van der Waals surface area contributed by atoms with Gasteiger partial charge in [-0.1, -0.05) is 30.3 Å². The average molecular weight is 278 g/mol. The van der Waals surface area contributed by atoms with Crippen LogP contribution in [0.25, 0.3) is 0 Å². The number of piperazine rings is 1. The van der Waals surface area contributed by atoms with Gasteiger partial charge in [-0.25, -0.2) is 0 Å². The molecule has 1 heterocycles. The van der Waals surface area contributed by atoms with E-state index in [1.165, 1.54) is 4.90 Å². The molecule has 0 N–H and O–H groups in total. The third-order valence-corrected chi connectivity index (χ3v) is 3.90. The van der Waals surface area contributed by atoms with Gasteiger partial charge in [-0.15, -0.1) is 0 Å². The number of thiol groups is 1. The second-order valence-electron chi connectivity index (χ2n) is 4.77. The first-order valence-corrected chi connectivity index (χ1v) is 6.97. The summed E-state index contributed by atoms with van der Waals surface area (Å²) in [6.07, 6.45) is 0. The molecule has 1 saturated heterocycles. The standard InChI is InChI=1S/C14H18N2O2S/c1-15-7-8-16(14(18)13(15)17)9-12(10-19)11-5-3-2-4-6-11/h2-6,12,19H,7-10H2,1H3. The van der Waals surface area contributed by atoms with Gasteiger partial charge < -0.3 is 9.80 Å². The van der Waals surface area contributed by atoms with Gasteiger partial charge in [0, 0.05) is 32.6 Å². The van der Waals surface area contributed by atoms with Crippen LogP contribution in [0.4, 0.5) is 0 Å². The summed E-state index contributed by atoms with van der Waals surface area (Å²) in [5.74, 6) is -0.0175. The second-order valence-corrected chi connectivity index (χ2v) is 5.13. The van der Waals surface area contributed by atoms with Crippen molar-refractivity contribution in [3.8, 4) is 0 Å². The summed E-state index contributed by atoms with van der Waals surface area (Å²) in [5, 5.41) is 0. The van der Waals surface area contributed by atoms with E-state index >= 15 is 0 Å². The van der Waals surface area contributed by atoms with Gasteiger partial charge in [-0.2, -0.15) is 12.6 Å². The van der Waals surface area contributed by atoms with Crippen molar-refractivity contribution in [1.82, 2.24) is 9.80 Å². The Kier molecular flexibility index (Phi) is 4.47. The van der Waals surface area contributed by atoms with E-state index in [4.69, 9.17) is 0 Å². The number of likely N-dealkylation sites (N-methyl/N-ethyl adjacent to an activating group) is 1. The van der Waals surface area contributed by atoms with Gasteiger partial charge in [-0.3, -0.25) is 9.59 Å². The molecule has 1 aromatic carbocycles. The number of nitrogens with zero attached hydrogens (tertiary/aromatic N) is 2. The molecule has 0 aliphatic carbocycles. The zero-order valence-electron chi connectivity index (χ0n) is 11.0. The van der Waals surface area contributed by atoms with Crippen LogP contribution in [0.1, 0.15) is 11.5 Å². The van der Waals surface area contributed by atoms with Crippen molar-refractivity contribution in [3.05, 3.63) is 35.9 Å². The predicted molar refractivity (Wildman–Crippen MR) is 77.3 cm³/mol. The Morgan fingerprint density at radius 3 is 2.47 bits per heavy atom. The van der Waals surface area contributed by atoms with E-state index in [0.29, 0.717) is 25.4 Å². The van der Waals surface area contributed by atoms with E-state index in [0.717, 1.165) is 5.56 Å². The normalized spacial score (nSPS) is 17.8. The molecule has 1 unspecified atom stereocenters. The first-order valence-electron chi connectivity index (χ1n) is 6.33. The molecule has 1 aromatic rings. The van der Waals surface area contributed by atoms with Gasteiger partial charge in [0.15, 0.2) is 0 Å². The van der Waals surface area contributed by atoms with Crippen LogP contribution in [0.15, 0.2) is 30.3 Å². The van der Waals surface area contributed by atoms with Crippen LogP contribution in [-0.4, -0.2) is 54.0 Å². The fourth-order valence-electron chi connectivity index (χ4n) is 2.21. The van der Waals surface area contributed by atoms with E-state index in [2.05, 4.69) is 12.6 Å². The van der Waals surface area contributed by atoms with Crippen molar-refractivity contribution in [2.24, 2.45) is 0 Å². The molecule has 2 amide bonds. The molecule has 4 nitrogen and oxygen atoms in total. The Bertz CT molecular complexity index is 464. The second kappa shape index (κ2) is 6.10. The molecule has 0 spiro atoms. The van der Waals surface area contributed by atoms with E-state index < -0.39 is 11.8 Å². The van der Waals surface area contributed by atoms with E-state index in [1.807, 2.05) is 30.3 Å². The maximum atomic E-state index is 11.9. The molecule has 0 saturated carbocycles. The van der Waals surface area contributed by atoms with Crippen molar-refractivity contribution in [2.75, 3.05) is 32.4 Å². The Hall–Kier alpha value is -1.49. The summed E-state index contributed by atoms with van der Waals surface area (Å²) >= 11 is 4.36. The molecular weight excluding hydrogens is 260 g/mol. The largest absolute Gasteiger partial charge is 0.336 e. The highest BCUT2D eigenvalue weighted by Gasteiger charge is 2.31. The monoisotopic (exact) mass is 278 g/mol. The SMILES string of the molecule is CN1CCN(CC(CS)c2ccccc2)C(=O)C1=O. The van der Waals surface area contributed by atoms with Crippen LogP contribution >= 0.6 is 12.6 Å². The minimum absolute atomic E-state index is 0.157. The van der Waals surface area contributed by atoms with Crippen molar-refractivity contribution in [3.63, 3.8) is 0 Å². The minimum atomic E-state index is -0.419. The molecule has 1 aliphatic rings. The number of hydrogen-bond acceptors (Lipinski definition) is 3. The number of hydrogen-bond donors (Lipinski definition) is 1. The number of rotatable bonds is 4. The van der Waals surface area contributed by atoms with Crippen LogP contribution < -0.4 is 0 Å². The number of carbonyl (C=O) groups is 2. The van der Waals surface area contributed by atoms with E-state index in [-0.39, 0.29) is 5.92 Å². The van der Waals surface area contributed by atoms with Crippen molar-refractivity contribution in [1.29, 1.82) is 0 Å². The maximum Gasteiger partial charge on any atom is 0.312 e. The van der Waals surface area contributed by atoms with E-state index in [9.17, 15) is 9.59 Å². The van der Waals surface area contributed by atoms with E-state index in [1.54, 1.807) is 11.9 Å². The Labute approximate surface area is 118 Å². The summed E-state index contributed by atoms with van der Waals surface area (Å²) in [7, 11) is 1.66. The zero-order valence-corrected chi connectivity index (χ0v) is 11.8. The summed E-state index contributed by atoms with van der Waals surface area (Å²) < 4.78 is 0. The molecule has 102 valence electrons. The Morgan fingerprint density at radius 2 is 1.84 bits per heavy atom. The topological polar surface area (TPSA) is 40.6 Å². The highest BCUT2D eigenvalue weighted by Crippen LogP contribution is 2.19. The lowest BCUT2D eigenvalue weighted by Crippen LogP contribution is -2.53. The summed E-state index contributed by atoms with van der Waals surface area (Å²) in [4.78, 5) is 26.7. The lowest BCUT2D eigenvalue weighted by atomic mass is 10.00. The molecule has 0 aromatic heterocycles. The van der Waals surface area contributed by atoms with Gasteiger partial charge in [0.25, 0.3) is 0 Å². The number of amides is 2. The summed E-state index contributed by atoms with van der Waals surface area (Å²) in [5.41, 5.74) is 1.15. The molecule has 5 heteroatoms. The van der Waals surface area contributed by atoms with Gasteiger partial charge in [-0.05, 0) is 11.3 Å².